The van der Waals surface area contributed by atoms with E-state index >= 15 is 0 Å². The number of aliphatic hydroxyl groups is 1. The van der Waals surface area contributed by atoms with Gasteiger partial charge in [-0.05, 0) is 25.0 Å². The third kappa shape index (κ3) is 2.06. The first-order chi connectivity index (χ1) is 9.16. The molecule has 0 radical (unpaired) electrons. The number of para-hydroxylation sites is 1. The van der Waals surface area contributed by atoms with Crippen LogP contribution in [-0.4, -0.2) is 17.8 Å². The fraction of sp³-hybridized carbons (Fsp3) is 0.467. The van der Waals surface area contributed by atoms with E-state index in [0.29, 0.717) is 16.4 Å². The quantitative estimate of drug-likeness (QED) is 0.921. The summed E-state index contributed by atoms with van der Waals surface area (Å²) in [6, 6.07) is 7.43. The second kappa shape index (κ2) is 4.82. The van der Waals surface area contributed by atoms with Gasteiger partial charge >= 0.3 is 0 Å². The van der Waals surface area contributed by atoms with Crippen molar-refractivity contribution in [2.75, 3.05) is 7.11 Å². The molecule has 0 amide bonds. The highest BCUT2D eigenvalue weighted by molar-refractivity contribution is 6.34. The zero-order chi connectivity index (χ0) is 13.5. The van der Waals surface area contributed by atoms with Crippen molar-refractivity contribution >= 4 is 22.6 Å². The number of aliphatic hydroxyl groups excluding tert-OH is 1. The molecule has 2 aromatic rings. The number of hydrogen-bond donors (Lipinski definition) is 1. The Morgan fingerprint density at radius 2 is 2.11 bits per heavy atom. The zero-order valence-corrected chi connectivity index (χ0v) is 11.6. The minimum absolute atomic E-state index is 0.514. The summed E-state index contributed by atoms with van der Waals surface area (Å²) >= 11 is 6.10. The van der Waals surface area contributed by atoms with Crippen molar-refractivity contribution in [3.63, 3.8) is 0 Å². The lowest BCUT2D eigenvalue weighted by atomic mass is 9.92. The highest BCUT2D eigenvalue weighted by Gasteiger charge is 2.43. The third-order valence-corrected chi connectivity index (χ3v) is 4.44. The molecule has 1 aliphatic carbocycles. The van der Waals surface area contributed by atoms with Gasteiger partial charge in [-0.15, -0.1) is 0 Å². The molecule has 0 aliphatic heterocycles. The predicted molar refractivity (Wildman–Crippen MR) is 74.4 cm³/mol. The molecular weight excluding hydrogens is 264 g/mol. The van der Waals surface area contributed by atoms with Gasteiger partial charge in [0.15, 0.2) is 5.58 Å². The summed E-state index contributed by atoms with van der Waals surface area (Å²) in [6.45, 7) is 0. The third-order valence-electron chi connectivity index (χ3n) is 4.14. The van der Waals surface area contributed by atoms with E-state index in [2.05, 4.69) is 0 Å². The Hall–Kier alpha value is -1.03. The Kier molecular flexibility index (Phi) is 3.29. The van der Waals surface area contributed by atoms with Gasteiger partial charge in [0.05, 0.1) is 5.02 Å². The summed E-state index contributed by atoms with van der Waals surface area (Å²) in [7, 11) is 1.66. The number of hydrogen-bond acceptors (Lipinski definition) is 3. The van der Waals surface area contributed by atoms with E-state index in [9.17, 15) is 5.11 Å². The van der Waals surface area contributed by atoms with Gasteiger partial charge in [-0.3, -0.25) is 0 Å². The average Bonchev–Trinajstić information content (AvgIpc) is 3.06. The summed E-state index contributed by atoms with van der Waals surface area (Å²) in [5.74, 6) is 0.534. The van der Waals surface area contributed by atoms with Gasteiger partial charge in [0, 0.05) is 12.5 Å². The molecule has 1 atom stereocenters. The maximum Gasteiger partial charge on any atom is 0.152 e. The first-order valence-corrected chi connectivity index (χ1v) is 6.95. The number of benzene rings is 1. The Morgan fingerprint density at radius 1 is 1.37 bits per heavy atom. The Balaban J connectivity index is 2.01. The van der Waals surface area contributed by atoms with Crippen LogP contribution in [0.3, 0.4) is 0 Å². The van der Waals surface area contributed by atoms with E-state index in [0.717, 1.165) is 31.1 Å². The molecule has 19 heavy (non-hydrogen) atoms. The van der Waals surface area contributed by atoms with E-state index in [4.69, 9.17) is 20.8 Å². The smallest absolute Gasteiger partial charge is 0.152 e. The first-order valence-electron chi connectivity index (χ1n) is 6.57. The molecule has 3 nitrogen and oxygen atoms in total. The predicted octanol–water partition coefficient (Wildman–Crippen LogP) is 4.08. The topological polar surface area (TPSA) is 42.6 Å². The minimum atomic E-state index is -0.747. The number of methoxy groups -OCH3 is 1. The van der Waals surface area contributed by atoms with Crippen molar-refractivity contribution in [2.45, 2.75) is 37.4 Å². The number of halogens is 1. The molecule has 1 unspecified atom stereocenters. The number of furan rings is 1. The normalized spacial score (nSPS) is 19.9. The minimum Gasteiger partial charge on any atom is -0.457 e. The summed E-state index contributed by atoms with van der Waals surface area (Å²) in [4.78, 5) is 0. The van der Waals surface area contributed by atoms with Crippen LogP contribution in [0.15, 0.2) is 28.7 Å². The average molecular weight is 281 g/mol. The lowest BCUT2D eigenvalue weighted by Gasteiger charge is -2.31. The van der Waals surface area contributed by atoms with Crippen molar-refractivity contribution in [3.05, 3.63) is 35.0 Å². The number of ether oxygens (including phenoxy) is 1. The molecule has 1 aliphatic rings. The molecule has 1 N–H and O–H groups in total. The molecule has 3 rings (SSSR count). The van der Waals surface area contributed by atoms with E-state index in [1.165, 1.54) is 0 Å². The number of fused-ring (bicyclic) bond motifs is 1. The van der Waals surface area contributed by atoms with Crippen LogP contribution in [0.5, 0.6) is 0 Å². The molecule has 0 spiro atoms. The molecule has 4 heteroatoms. The molecule has 1 aromatic carbocycles. The summed E-state index contributed by atoms with van der Waals surface area (Å²) < 4.78 is 11.3. The van der Waals surface area contributed by atoms with Crippen molar-refractivity contribution in [2.24, 2.45) is 0 Å². The van der Waals surface area contributed by atoms with Gasteiger partial charge in [0.1, 0.15) is 17.5 Å². The van der Waals surface area contributed by atoms with Crippen LogP contribution in [0.1, 0.15) is 37.5 Å². The van der Waals surface area contributed by atoms with Crippen LogP contribution in [0.4, 0.5) is 0 Å². The lowest BCUT2D eigenvalue weighted by molar-refractivity contribution is -0.107. The van der Waals surface area contributed by atoms with E-state index in [-0.39, 0.29) is 0 Å². The molecule has 1 saturated carbocycles. The molecule has 0 saturated heterocycles. The van der Waals surface area contributed by atoms with Crippen LogP contribution in [-0.2, 0) is 4.74 Å². The van der Waals surface area contributed by atoms with Crippen molar-refractivity contribution in [1.29, 1.82) is 0 Å². The van der Waals surface area contributed by atoms with Crippen molar-refractivity contribution in [3.8, 4) is 0 Å². The molecule has 1 aromatic heterocycles. The van der Waals surface area contributed by atoms with E-state index < -0.39 is 11.7 Å². The zero-order valence-electron chi connectivity index (χ0n) is 10.9. The fourth-order valence-corrected chi connectivity index (χ4v) is 3.22. The largest absolute Gasteiger partial charge is 0.457 e. The van der Waals surface area contributed by atoms with Gasteiger partial charge < -0.3 is 14.3 Å². The summed E-state index contributed by atoms with van der Waals surface area (Å²) in [6.07, 6.45) is 3.12. The van der Waals surface area contributed by atoms with Crippen LogP contribution in [0.2, 0.25) is 5.02 Å². The van der Waals surface area contributed by atoms with Gasteiger partial charge in [-0.1, -0.05) is 36.6 Å². The Morgan fingerprint density at radius 3 is 2.74 bits per heavy atom. The molecule has 0 bridgehead atoms. The fourth-order valence-electron chi connectivity index (χ4n) is 3.00. The van der Waals surface area contributed by atoms with Gasteiger partial charge in [0.25, 0.3) is 0 Å². The molecule has 1 fully saturated rings. The highest BCUT2D eigenvalue weighted by Crippen LogP contribution is 2.44. The lowest BCUT2D eigenvalue weighted by Crippen LogP contribution is -2.35. The van der Waals surface area contributed by atoms with Gasteiger partial charge in [-0.2, -0.15) is 0 Å². The van der Waals surface area contributed by atoms with E-state index in [1.54, 1.807) is 13.2 Å². The van der Waals surface area contributed by atoms with Crippen molar-refractivity contribution in [1.82, 2.24) is 0 Å². The molecule has 102 valence electrons. The van der Waals surface area contributed by atoms with Crippen LogP contribution in [0, 0.1) is 0 Å². The summed E-state index contributed by atoms with van der Waals surface area (Å²) in [5.41, 5.74) is 0.114. The van der Waals surface area contributed by atoms with Crippen LogP contribution >= 0.6 is 11.6 Å². The molecular formula is C15H17ClO3. The van der Waals surface area contributed by atoms with Crippen molar-refractivity contribution < 1.29 is 14.3 Å². The maximum atomic E-state index is 10.6. The van der Waals surface area contributed by atoms with Gasteiger partial charge in [-0.25, -0.2) is 0 Å². The second-order valence-corrected chi connectivity index (χ2v) is 5.59. The SMILES string of the molecule is COC1(C(O)c2cc3cccc(Cl)c3o2)CCCC1. The van der Waals surface area contributed by atoms with Crippen LogP contribution in [0.25, 0.3) is 11.0 Å². The van der Waals surface area contributed by atoms with Crippen LogP contribution < -0.4 is 0 Å². The van der Waals surface area contributed by atoms with E-state index in [1.807, 2.05) is 18.2 Å². The highest BCUT2D eigenvalue weighted by atomic mass is 35.5. The Labute approximate surface area is 117 Å². The maximum absolute atomic E-state index is 10.6. The number of rotatable bonds is 3. The monoisotopic (exact) mass is 280 g/mol. The summed E-state index contributed by atoms with van der Waals surface area (Å²) in [5, 5.41) is 12.1. The molecule has 1 heterocycles. The first kappa shape index (κ1) is 13.0. The van der Waals surface area contributed by atoms with Gasteiger partial charge in [0.2, 0.25) is 0 Å². The Bertz CT molecular complexity index is 584. The standard InChI is InChI=1S/C15H17ClO3/c1-18-15(7-2-3-8-15)14(17)12-9-10-5-4-6-11(16)13(10)19-12/h4-6,9,14,17H,2-3,7-8H2,1H3. The second-order valence-electron chi connectivity index (χ2n) is 5.19.